The first-order valence-electron chi connectivity index (χ1n) is 6.19. The van der Waals surface area contributed by atoms with Crippen LogP contribution in [0, 0.1) is 6.92 Å². The summed E-state index contributed by atoms with van der Waals surface area (Å²) in [7, 11) is 0. The molecule has 0 saturated carbocycles. The van der Waals surface area contributed by atoms with Crippen LogP contribution in [0.5, 0.6) is 0 Å². The van der Waals surface area contributed by atoms with Gasteiger partial charge in [-0.3, -0.25) is 0 Å². The molecule has 3 rings (SSSR count). The van der Waals surface area contributed by atoms with Crippen LogP contribution in [-0.4, -0.2) is 36.3 Å². The van der Waals surface area contributed by atoms with Gasteiger partial charge in [-0.15, -0.1) is 0 Å². The molecule has 1 aliphatic rings. The van der Waals surface area contributed by atoms with E-state index in [0.717, 1.165) is 31.7 Å². The van der Waals surface area contributed by atoms with Crippen molar-refractivity contribution in [2.24, 2.45) is 0 Å². The van der Waals surface area contributed by atoms with Crippen molar-refractivity contribution in [3.05, 3.63) is 29.8 Å². The van der Waals surface area contributed by atoms with E-state index in [-0.39, 0.29) is 0 Å². The van der Waals surface area contributed by atoms with Crippen molar-refractivity contribution in [3.63, 3.8) is 0 Å². The van der Waals surface area contributed by atoms with E-state index in [4.69, 9.17) is 4.52 Å². The predicted octanol–water partition coefficient (Wildman–Crippen LogP) is 1.45. The first-order valence-corrected chi connectivity index (χ1v) is 6.19. The molecule has 18 heavy (non-hydrogen) atoms. The maximum absolute atomic E-state index is 5.34. The highest BCUT2D eigenvalue weighted by molar-refractivity contribution is 5.56. The van der Waals surface area contributed by atoms with Gasteiger partial charge >= 0.3 is 6.01 Å². The van der Waals surface area contributed by atoms with Gasteiger partial charge in [-0.1, -0.05) is 28.9 Å². The highest BCUT2D eigenvalue weighted by Crippen LogP contribution is 2.20. The highest BCUT2D eigenvalue weighted by atomic mass is 16.5. The fourth-order valence-corrected chi connectivity index (χ4v) is 2.10. The van der Waals surface area contributed by atoms with E-state index >= 15 is 0 Å². The summed E-state index contributed by atoms with van der Waals surface area (Å²) in [5.41, 5.74) is 2.20. The van der Waals surface area contributed by atoms with E-state index in [1.165, 1.54) is 5.56 Å². The molecule has 1 N–H and O–H groups in total. The molecular weight excluding hydrogens is 228 g/mol. The minimum atomic E-state index is 0.619. The first-order chi connectivity index (χ1) is 8.83. The van der Waals surface area contributed by atoms with Gasteiger partial charge in [0.05, 0.1) is 0 Å². The number of aromatic nitrogens is 2. The third-order valence-electron chi connectivity index (χ3n) is 3.08. The molecule has 1 saturated heterocycles. The van der Waals surface area contributed by atoms with Crippen molar-refractivity contribution in [2.75, 3.05) is 31.1 Å². The van der Waals surface area contributed by atoms with Crippen molar-refractivity contribution in [1.29, 1.82) is 0 Å². The molecule has 2 heterocycles. The van der Waals surface area contributed by atoms with Crippen LogP contribution in [-0.2, 0) is 0 Å². The molecular formula is C13H16N4O. The number of hydrogen-bond acceptors (Lipinski definition) is 5. The molecule has 2 aromatic rings. The van der Waals surface area contributed by atoms with Gasteiger partial charge in [-0.25, -0.2) is 0 Å². The van der Waals surface area contributed by atoms with Crippen molar-refractivity contribution in [3.8, 4) is 11.4 Å². The summed E-state index contributed by atoms with van der Waals surface area (Å²) in [5.74, 6) is 0.659. The Labute approximate surface area is 106 Å². The second-order valence-corrected chi connectivity index (χ2v) is 4.51. The fraction of sp³-hybridized carbons (Fsp3) is 0.385. The Hall–Kier alpha value is -1.88. The number of nitrogens with zero attached hydrogens (tertiary/aromatic N) is 3. The normalized spacial score (nSPS) is 15.9. The molecule has 0 spiro atoms. The second-order valence-electron chi connectivity index (χ2n) is 4.51. The molecule has 1 aliphatic heterocycles. The summed E-state index contributed by atoms with van der Waals surface area (Å²) in [5, 5.41) is 7.35. The first kappa shape index (κ1) is 11.2. The zero-order valence-corrected chi connectivity index (χ0v) is 10.4. The molecule has 0 amide bonds. The molecule has 5 heteroatoms. The van der Waals surface area contributed by atoms with E-state index in [2.05, 4.69) is 39.4 Å². The van der Waals surface area contributed by atoms with Crippen LogP contribution in [0.1, 0.15) is 5.56 Å². The number of benzene rings is 1. The maximum Gasteiger partial charge on any atom is 0.324 e. The number of anilines is 1. The molecule has 0 bridgehead atoms. The van der Waals surface area contributed by atoms with Crippen LogP contribution >= 0.6 is 0 Å². The summed E-state index contributed by atoms with van der Waals surface area (Å²) < 4.78 is 5.34. The average molecular weight is 244 g/mol. The Morgan fingerprint density at radius 1 is 1.28 bits per heavy atom. The van der Waals surface area contributed by atoms with E-state index in [9.17, 15) is 0 Å². The standard InChI is InChI=1S/C13H16N4O/c1-10-3-2-4-11(9-10)12-15-13(18-16-12)17-7-5-14-6-8-17/h2-4,9,14H,5-8H2,1H3. The van der Waals surface area contributed by atoms with Gasteiger partial charge in [-0.05, 0) is 13.0 Å². The quantitative estimate of drug-likeness (QED) is 0.866. The lowest BCUT2D eigenvalue weighted by molar-refractivity contribution is 0.405. The van der Waals surface area contributed by atoms with E-state index in [0.29, 0.717) is 11.8 Å². The molecule has 0 aliphatic carbocycles. The minimum Gasteiger partial charge on any atom is -0.322 e. The Balaban J connectivity index is 1.84. The van der Waals surface area contributed by atoms with Crippen LogP contribution in [0.2, 0.25) is 0 Å². The largest absolute Gasteiger partial charge is 0.324 e. The summed E-state index contributed by atoms with van der Waals surface area (Å²) >= 11 is 0. The topological polar surface area (TPSA) is 54.2 Å². The fourth-order valence-electron chi connectivity index (χ4n) is 2.10. The van der Waals surface area contributed by atoms with Gasteiger partial charge in [0.15, 0.2) is 0 Å². The zero-order chi connectivity index (χ0) is 12.4. The van der Waals surface area contributed by atoms with E-state index in [1.54, 1.807) is 0 Å². The van der Waals surface area contributed by atoms with Crippen LogP contribution < -0.4 is 10.2 Å². The molecule has 0 atom stereocenters. The van der Waals surface area contributed by atoms with Gasteiger partial charge in [0.1, 0.15) is 0 Å². The lowest BCUT2D eigenvalue weighted by atomic mass is 10.1. The minimum absolute atomic E-state index is 0.619. The maximum atomic E-state index is 5.34. The molecule has 0 unspecified atom stereocenters. The van der Waals surface area contributed by atoms with Crippen LogP contribution in [0.15, 0.2) is 28.8 Å². The summed E-state index contributed by atoms with van der Waals surface area (Å²) in [4.78, 5) is 6.58. The lowest BCUT2D eigenvalue weighted by Gasteiger charge is -2.24. The van der Waals surface area contributed by atoms with Gasteiger partial charge in [0, 0.05) is 31.7 Å². The zero-order valence-electron chi connectivity index (χ0n) is 10.4. The molecule has 1 aromatic carbocycles. The van der Waals surface area contributed by atoms with Gasteiger partial charge in [0.25, 0.3) is 0 Å². The average Bonchev–Trinajstić information content (AvgIpc) is 2.89. The van der Waals surface area contributed by atoms with Crippen LogP contribution in [0.25, 0.3) is 11.4 Å². The third kappa shape index (κ3) is 2.22. The summed E-state index contributed by atoms with van der Waals surface area (Å²) in [6.07, 6.45) is 0. The van der Waals surface area contributed by atoms with Gasteiger partial charge < -0.3 is 14.7 Å². The lowest BCUT2D eigenvalue weighted by Crippen LogP contribution is -2.43. The number of aryl methyl sites for hydroxylation is 1. The van der Waals surface area contributed by atoms with Gasteiger partial charge in [-0.2, -0.15) is 4.98 Å². The van der Waals surface area contributed by atoms with Crippen molar-refractivity contribution in [1.82, 2.24) is 15.5 Å². The van der Waals surface area contributed by atoms with Crippen molar-refractivity contribution >= 4 is 6.01 Å². The Morgan fingerprint density at radius 2 is 2.11 bits per heavy atom. The third-order valence-corrected chi connectivity index (χ3v) is 3.08. The number of nitrogens with one attached hydrogen (secondary N) is 1. The number of rotatable bonds is 2. The van der Waals surface area contributed by atoms with E-state index < -0.39 is 0 Å². The Morgan fingerprint density at radius 3 is 2.89 bits per heavy atom. The Kier molecular flexibility index (Phi) is 2.98. The SMILES string of the molecule is Cc1cccc(-c2noc(N3CCNCC3)n2)c1. The van der Waals surface area contributed by atoms with Crippen molar-refractivity contribution in [2.45, 2.75) is 6.92 Å². The molecule has 94 valence electrons. The summed E-state index contributed by atoms with van der Waals surface area (Å²) in [6, 6.07) is 8.74. The predicted molar refractivity (Wildman–Crippen MR) is 69.6 cm³/mol. The smallest absolute Gasteiger partial charge is 0.322 e. The summed E-state index contributed by atoms with van der Waals surface area (Å²) in [6.45, 7) is 5.80. The van der Waals surface area contributed by atoms with E-state index in [1.807, 2.05) is 12.1 Å². The molecule has 1 fully saturated rings. The van der Waals surface area contributed by atoms with Crippen molar-refractivity contribution < 1.29 is 4.52 Å². The van der Waals surface area contributed by atoms with Gasteiger partial charge in [0.2, 0.25) is 5.82 Å². The Bertz CT molecular complexity index is 531. The van der Waals surface area contributed by atoms with Crippen LogP contribution in [0.3, 0.4) is 0 Å². The second kappa shape index (κ2) is 4.78. The number of piperazine rings is 1. The molecule has 1 aromatic heterocycles. The number of hydrogen-bond donors (Lipinski definition) is 1. The monoisotopic (exact) mass is 244 g/mol. The van der Waals surface area contributed by atoms with Crippen LogP contribution in [0.4, 0.5) is 6.01 Å². The highest BCUT2D eigenvalue weighted by Gasteiger charge is 2.17. The molecule has 5 nitrogen and oxygen atoms in total. The molecule has 0 radical (unpaired) electrons.